The van der Waals surface area contributed by atoms with Gasteiger partial charge in [0.2, 0.25) is 0 Å². The molecule has 1 fully saturated rings. The van der Waals surface area contributed by atoms with Gasteiger partial charge < -0.3 is 20.7 Å². The summed E-state index contributed by atoms with van der Waals surface area (Å²) in [5.74, 6) is -0.684. The summed E-state index contributed by atoms with van der Waals surface area (Å²) in [6, 6.07) is 0.590. The van der Waals surface area contributed by atoms with Crippen LogP contribution in [0, 0.1) is 26.7 Å². The Morgan fingerprint density at radius 1 is 1.32 bits per heavy atom. The first kappa shape index (κ1) is 26.3. The summed E-state index contributed by atoms with van der Waals surface area (Å²) in [5, 5.41) is 18.7. The lowest BCUT2D eigenvalue weighted by molar-refractivity contribution is 0.0896. The van der Waals surface area contributed by atoms with Gasteiger partial charge in [-0.15, -0.1) is 0 Å². The van der Waals surface area contributed by atoms with Crippen LogP contribution >= 0.6 is 0 Å². The number of rotatable bonds is 7. The molecule has 2 aromatic heterocycles. The Morgan fingerprint density at radius 3 is 2.53 bits per heavy atom. The Labute approximate surface area is 200 Å². The van der Waals surface area contributed by atoms with Crippen molar-refractivity contribution >= 4 is 21.8 Å². The summed E-state index contributed by atoms with van der Waals surface area (Å²) in [6.45, 7) is 11.7. The first-order chi connectivity index (χ1) is 15.6. The molecule has 0 bridgehead atoms. The molecule has 6 N–H and O–H groups in total. The number of carbonyl (C=O) groups excluding carboxylic acids is 1. The lowest BCUT2D eigenvalue weighted by atomic mass is 9.98. The minimum absolute atomic E-state index is 0.155. The molecule has 1 aliphatic carbocycles. The van der Waals surface area contributed by atoms with Gasteiger partial charge in [0.25, 0.3) is 0 Å². The van der Waals surface area contributed by atoms with Crippen LogP contribution in [0.2, 0.25) is 0 Å². The van der Waals surface area contributed by atoms with E-state index in [4.69, 9.17) is 10.9 Å². The fourth-order valence-corrected chi connectivity index (χ4v) is 4.98. The maximum atomic E-state index is 13.7. The smallest absolute Gasteiger partial charge is 0.333 e. The summed E-state index contributed by atoms with van der Waals surface area (Å²) < 4.78 is 29.0. The molecule has 3 rings (SSSR count). The maximum absolute atomic E-state index is 13.7. The zero-order valence-corrected chi connectivity index (χ0v) is 21.3. The number of hydrogen-bond acceptors (Lipinski definition) is 8. The quantitative estimate of drug-likeness (QED) is 0.422. The van der Waals surface area contributed by atoms with E-state index in [1.54, 1.807) is 19.2 Å². The average Bonchev–Trinajstić information content (AvgIpc) is 3.16. The number of nitrogens with zero attached hydrogens (tertiary/aromatic N) is 2. The van der Waals surface area contributed by atoms with Crippen molar-refractivity contribution in [3.63, 3.8) is 0 Å². The number of nitrogens with two attached hydrogens (primary N) is 2. The summed E-state index contributed by atoms with van der Waals surface area (Å²) in [6.07, 6.45) is 2.83. The number of carbonyl (C=O) groups is 1. The molecule has 0 unspecified atom stereocenters. The van der Waals surface area contributed by atoms with E-state index in [-0.39, 0.29) is 17.9 Å². The number of aliphatic hydroxyl groups is 1. The van der Waals surface area contributed by atoms with Crippen LogP contribution in [0.25, 0.3) is 0 Å². The summed E-state index contributed by atoms with van der Waals surface area (Å²) in [7, 11) is -4.13. The molecule has 2 aromatic rings. The van der Waals surface area contributed by atoms with Gasteiger partial charge in [-0.3, -0.25) is 14.0 Å². The first-order valence-electron chi connectivity index (χ1n) is 11.2. The summed E-state index contributed by atoms with van der Waals surface area (Å²) in [4.78, 5) is 18.0. The largest absolute Gasteiger partial charge is 0.391 e. The molecule has 10 nitrogen and oxygen atoms in total. The minimum atomic E-state index is -4.13. The van der Waals surface area contributed by atoms with Crippen LogP contribution in [0.15, 0.2) is 18.5 Å². The highest BCUT2D eigenvalue weighted by atomic mass is 32.2. The standard InChI is InChI=1S/C23H35N5O5S/c1-12-14(3)28(23(4,5)6)10-16(12)22(30)19-13(2)26-8-7-17(19)27-18-9-15(21(29)20(18)24)11-33-34(25,31)32/h7-8,10,15,18,20-21,29H,9,11,24H2,1-6H3,(H,26,27)(H2,25,31,32)/t15-,18-,20+,21-/m1/s1. The van der Waals surface area contributed by atoms with E-state index in [0.717, 1.165) is 11.3 Å². The first-order valence-corrected chi connectivity index (χ1v) is 12.7. The lowest BCUT2D eigenvalue weighted by Gasteiger charge is -2.23. The van der Waals surface area contributed by atoms with Crippen molar-refractivity contribution in [3.05, 3.63) is 46.5 Å². The zero-order chi connectivity index (χ0) is 25.6. The topological polar surface area (TPSA) is 163 Å². The second-order valence-corrected chi connectivity index (χ2v) is 11.3. The number of hydrogen-bond donors (Lipinski definition) is 4. The Bertz CT molecular complexity index is 1190. The van der Waals surface area contributed by atoms with Crippen molar-refractivity contribution in [2.24, 2.45) is 16.8 Å². The van der Waals surface area contributed by atoms with E-state index in [1.165, 1.54) is 0 Å². The highest BCUT2D eigenvalue weighted by Gasteiger charge is 2.41. The van der Waals surface area contributed by atoms with Gasteiger partial charge in [-0.2, -0.15) is 8.42 Å². The van der Waals surface area contributed by atoms with E-state index >= 15 is 0 Å². The number of nitrogens with one attached hydrogen (secondary N) is 1. The molecule has 0 aliphatic heterocycles. The molecule has 0 spiro atoms. The fraction of sp³-hybridized carbons (Fsp3) is 0.565. The molecule has 0 radical (unpaired) electrons. The number of pyridine rings is 1. The minimum Gasteiger partial charge on any atom is -0.391 e. The zero-order valence-electron chi connectivity index (χ0n) is 20.5. The molecular weight excluding hydrogens is 458 g/mol. The van der Waals surface area contributed by atoms with Crippen LogP contribution in [0.3, 0.4) is 0 Å². The third kappa shape index (κ3) is 5.33. The molecule has 2 heterocycles. The van der Waals surface area contributed by atoms with Gasteiger partial charge in [-0.05, 0) is 59.6 Å². The number of ketones is 1. The van der Waals surface area contributed by atoms with Crippen LogP contribution in [-0.2, 0) is 20.0 Å². The SMILES string of the molecule is Cc1nccc(N[C@@H]2C[C@H](COS(N)(=O)=O)[C@@H](O)[C@H]2N)c1C(=O)c1cn(C(C)(C)C)c(C)c1C. The van der Waals surface area contributed by atoms with Crippen LogP contribution in [0.5, 0.6) is 0 Å². The Hall–Kier alpha value is -2.31. The highest BCUT2D eigenvalue weighted by molar-refractivity contribution is 7.84. The van der Waals surface area contributed by atoms with Crippen molar-refractivity contribution in [2.45, 2.75) is 71.7 Å². The maximum Gasteiger partial charge on any atom is 0.333 e. The van der Waals surface area contributed by atoms with Crippen molar-refractivity contribution < 1.29 is 22.5 Å². The molecule has 34 heavy (non-hydrogen) atoms. The van der Waals surface area contributed by atoms with E-state index < -0.39 is 34.4 Å². The van der Waals surface area contributed by atoms with Gasteiger partial charge in [0.05, 0.1) is 30.0 Å². The monoisotopic (exact) mass is 493 g/mol. The van der Waals surface area contributed by atoms with Crippen LogP contribution in [-0.4, -0.2) is 53.7 Å². The highest BCUT2D eigenvalue weighted by Crippen LogP contribution is 2.32. The van der Waals surface area contributed by atoms with Crippen molar-refractivity contribution in [1.82, 2.24) is 9.55 Å². The van der Waals surface area contributed by atoms with Gasteiger partial charge in [-0.1, -0.05) is 0 Å². The van der Waals surface area contributed by atoms with E-state index in [2.05, 4.69) is 39.8 Å². The Morgan fingerprint density at radius 2 is 1.97 bits per heavy atom. The summed E-state index contributed by atoms with van der Waals surface area (Å²) in [5.41, 5.74) is 10.1. The number of anilines is 1. The van der Waals surface area contributed by atoms with Crippen molar-refractivity contribution in [1.29, 1.82) is 0 Å². The van der Waals surface area contributed by atoms with Gasteiger partial charge in [-0.25, -0.2) is 5.14 Å². The van der Waals surface area contributed by atoms with Crippen molar-refractivity contribution in [2.75, 3.05) is 11.9 Å². The molecule has 4 atom stereocenters. The van der Waals surface area contributed by atoms with Gasteiger partial charge in [0.15, 0.2) is 5.78 Å². The Kier molecular flexibility index (Phi) is 7.26. The molecule has 0 aromatic carbocycles. The van der Waals surface area contributed by atoms with Gasteiger partial charge in [0.1, 0.15) is 0 Å². The molecule has 1 saturated carbocycles. The van der Waals surface area contributed by atoms with Crippen LogP contribution in [0.4, 0.5) is 5.69 Å². The molecule has 0 amide bonds. The third-order valence-corrected chi connectivity index (χ3v) is 7.05. The molecular formula is C23H35N5O5S. The molecule has 0 saturated heterocycles. The van der Waals surface area contributed by atoms with E-state index in [9.17, 15) is 18.3 Å². The Balaban J connectivity index is 1.91. The second kappa shape index (κ2) is 9.38. The number of aliphatic hydroxyl groups excluding tert-OH is 1. The normalized spacial score (nSPS) is 23.3. The average molecular weight is 494 g/mol. The fourth-order valence-electron chi connectivity index (χ4n) is 4.61. The van der Waals surface area contributed by atoms with Crippen LogP contribution in [0.1, 0.15) is 60.1 Å². The molecule has 188 valence electrons. The molecule has 1 aliphatic rings. The predicted octanol–water partition coefficient (Wildman–Crippen LogP) is 1.50. The third-order valence-electron chi connectivity index (χ3n) is 6.59. The van der Waals surface area contributed by atoms with Crippen LogP contribution < -0.4 is 16.2 Å². The predicted molar refractivity (Wildman–Crippen MR) is 130 cm³/mol. The second-order valence-electron chi connectivity index (χ2n) is 10.0. The van der Waals surface area contributed by atoms with Crippen molar-refractivity contribution in [3.8, 4) is 0 Å². The van der Waals surface area contributed by atoms with Gasteiger partial charge in [0, 0.05) is 46.8 Å². The summed E-state index contributed by atoms with van der Waals surface area (Å²) >= 11 is 0. The number of aromatic nitrogens is 2. The van der Waals surface area contributed by atoms with E-state index in [0.29, 0.717) is 28.9 Å². The molecule has 11 heteroatoms. The number of aryl methyl sites for hydroxylation is 1. The lowest BCUT2D eigenvalue weighted by Crippen LogP contribution is -2.43. The van der Waals surface area contributed by atoms with E-state index in [1.807, 2.05) is 20.0 Å². The van der Waals surface area contributed by atoms with Gasteiger partial charge >= 0.3 is 10.3 Å².